The molecule has 2 rings (SSSR count). The van der Waals surface area contributed by atoms with Crippen LogP contribution in [0.5, 0.6) is 0 Å². The van der Waals surface area contributed by atoms with Gasteiger partial charge in [0, 0.05) is 38.9 Å². The van der Waals surface area contributed by atoms with E-state index < -0.39 is 0 Å². The molecule has 0 bridgehead atoms. The zero-order valence-corrected chi connectivity index (χ0v) is 12.2. The van der Waals surface area contributed by atoms with Gasteiger partial charge in [-0.3, -0.25) is 14.7 Å². The Morgan fingerprint density at radius 1 is 1.30 bits per heavy atom. The van der Waals surface area contributed by atoms with Gasteiger partial charge in [-0.05, 0) is 13.8 Å². The fraction of sp³-hybridized carbons (Fsp3) is 0.615. The minimum Gasteiger partial charge on any atom is -0.339 e. The van der Waals surface area contributed by atoms with E-state index in [9.17, 15) is 9.59 Å². The molecule has 1 aromatic rings. The number of rotatable bonds is 3. The number of piperazine rings is 1. The molecule has 2 amide bonds. The predicted octanol–water partition coefficient (Wildman–Crippen LogP) is -0.470. The van der Waals surface area contributed by atoms with Crippen LogP contribution in [0.25, 0.3) is 0 Å². The third-order valence-electron chi connectivity index (χ3n) is 3.53. The van der Waals surface area contributed by atoms with Gasteiger partial charge in [-0.1, -0.05) is 0 Å². The average Bonchev–Trinajstić information content (AvgIpc) is 2.78. The maximum atomic E-state index is 12.3. The summed E-state index contributed by atoms with van der Waals surface area (Å²) in [6.07, 6.45) is 0. The van der Waals surface area contributed by atoms with E-state index >= 15 is 0 Å². The van der Waals surface area contributed by atoms with Crippen molar-refractivity contribution in [3.05, 3.63) is 17.0 Å². The van der Waals surface area contributed by atoms with Crippen molar-refractivity contribution in [2.45, 2.75) is 13.8 Å². The molecule has 20 heavy (non-hydrogen) atoms. The number of carbonyl (C=O) groups is 2. The van der Waals surface area contributed by atoms with E-state index in [1.807, 2.05) is 0 Å². The Hall–Kier alpha value is -1.89. The zero-order valence-electron chi connectivity index (χ0n) is 12.2. The number of hydrogen-bond donors (Lipinski definition) is 2. The van der Waals surface area contributed by atoms with Crippen molar-refractivity contribution in [2.24, 2.45) is 0 Å². The SMILES string of the molecule is Cc1n[nH]c(C)c1C(=O)N(C)CC(=O)N1CCNCC1. The smallest absolute Gasteiger partial charge is 0.257 e. The lowest BCUT2D eigenvalue weighted by Crippen LogP contribution is -2.49. The molecule has 0 saturated carbocycles. The summed E-state index contributed by atoms with van der Waals surface area (Å²) in [7, 11) is 1.65. The molecule has 1 saturated heterocycles. The molecule has 7 heteroatoms. The number of nitrogens with zero attached hydrogens (tertiary/aromatic N) is 3. The quantitative estimate of drug-likeness (QED) is 0.784. The Bertz CT molecular complexity index is 485. The first-order valence-corrected chi connectivity index (χ1v) is 6.76. The van der Waals surface area contributed by atoms with Gasteiger partial charge in [0.2, 0.25) is 5.91 Å². The summed E-state index contributed by atoms with van der Waals surface area (Å²) in [6.45, 7) is 6.70. The summed E-state index contributed by atoms with van der Waals surface area (Å²) >= 11 is 0. The topological polar surface area (TPSA) is 81.3 Å². The number of aromatic nitrogens is 2. The molecule has 0 radical (unpaired) electrons. The van der Waals surface area contributed by atoms with Crippen LogP contribution in [0, 0.1) is 13.8 Å². The second-order valence-corrected chi connectivity index (χ2v) is 5.10. The second kappa shape index (κ2) is 6.04. The van der Waals surface area contributed by atoms with Crippen LogP contribution in [0.2, 0.25) is 0 Å². The molecule has 110 valence electrons. The minimum atomic E-state index is -0.169. The van der Waals surface area contributed by atoms with Gasteiger partial charge in [0.1, 0.15) is 0 Å². The highest BCUT2D eigenvalue weighted by atomic mass is 16.2. The molecule has 1 aliphatic rings. The lowest BCUT2D eigenvalue weighted by molar-refractivity contribution is -0.132. The van der Waals surface area contributed by atoms with Gasteiger partial charge < -0.3 is 15.1 Å². The maximum Gasteiger partial charge on any atom is 0.257 e. The molecule has 7 nitrogen and oxygen atoms in total. The van der Waals surface area contributed by atoms with Crippen molar-refractivity contribution in [1.82, 2.24) is 25.3 Å². The summed E-state index contributed by atoms with van der Waals surface area (Å²) in [6, 6.07) is 0. The molecular weight excluding hydrogens is 258 g/mol. The molecule has 2 N–H and O–H groups in total. The highest BCUT2D eigenvalue weighted by molar-refractivity contribution is 5.98. The van der Waals surface area contributed by atoms with Gasteiger partial charge in [0.15, 0.2) is 0 Å². The van der Waals surface area contributed by atoms with Crippen LogP contribution < -0.4 is 5.32 Å². The van der Waals surface area contributed by atoms with E-state index in [2.05, 4.69) is 15.5 Å². The summed E-state index contributed by atoms with van der Waals surface area (Å²) in [5.41, 5.74) is 1.95. The van der Waals surface area contributed by atoms with E-state index in [4.69, 9.17) is 0 Å². The second-order valence-electron chi connectivity index (χ2n) is 5.10. The van der Waals surface area contributed by atoms with Crippen LogP contribution in [0.4, 0.5) is 0 Å². The minimum absolute atomic E-state index is 0.0128. The number of H-pyrrole nitrogens is 1. The first-order valence-electron chi connectivity index (χ1n) is 6.76. The average molecular weight is 279 g/mol. The number of aryl methyl sites for hydroxylation is 2. The highest BCUT2D eigenvalue weighted by Crippen LogP contribution is 2.12. The Morgan fingerprint density at radius 3 is 2.50 bits per heavy atom. The first-order chi connectivity index (χ1) is 9.50. The molecule has 1 aliphatic heterocycles. The lowest BCUT2D eigenvalue weighted by Gasteiger charge is -2.29. The zero-order chi connectivity index (χ0) is 14.7. The largest absolute Gasteiger partial charge is 0.339 e. The van der Waals surface area contributed by atoms with Crippen LogP contribution in [0.1, 0.15) is 21.7 Å². The lowest BCUT2D eigenvalue weighted by atomic mass is 10.1. The molecule has 0 unspecified atom stereocenters. The van der Waals surface area contributed by atoms with E-state index in [0.717, 1.165) is 18.8 Å². The van der Waals surface area contributed by atoms with Crippen LogP contribution >= 0.6 is 0 Å². The Morgan fingerprint density at radius 2 is 1.95 bits per heavy atom. The molecule has 0 aliphatic carbocycles. The predicted molar refractivity (Wildman–Crippen MR) is 74.5 cm³/mol. The number of likely N-dealkylation sites (N-methyl/N-ethyl adjacent to an activating group) is 1. The van der Waals surface area contributed by atoms with Crippen molar-refractivity contribution in [3.8, 4) is 0 Å². The van der Waals surface area contributed by atoms with Gasteiger partial charge in [0.25, 0.3) is 5.91 Å². The summed E-state index contributed by atoms with van der Waals surface area (Å²) in [4.78, 5) is 27.7. The molecule has 1 fully saturated rings. The van der Waals surface area contributed by atoms with Gasteiger partial charge >= 0.3 is 0 Å². The summed E-state index contributed by atoms with van der Waals surface area (Å²) in [5.74, 6) is -0.182. The van der Waals surface area contributed by atoms with Crippen molar-refractivity contribution in [1.29, 1.82) is 0 Å². The fourth-order valence-corrected chi connectivity index (χ4v) is 2.35. The van der Waals surface area contributed by atoms with Crippen LogP contribution in [-0.2, 0) is 4.79 Å². The number of hydrogen-bond acceptors (Lipinski definition) is 4. The van der Waals surface area contributed by atoms with Crippen LogP contribution in [0.3, 0.4) is 0 Å². The molecule has 0 spiro atoms. The van der Waals surface area contributed by atoms with Gasteiger partial charge in [-0.2, -0.15) is 5.10 Å². The van der Waals surface area contributed by atoms with Crippen LogP contribution in [0.15, 0.2) is 0 Å². The standard InChI is InChI=1S/C13H21N5O2/c1-9-12(10(2)16-15-9)13(20)17(3)8-11(19)18-6-4-14-5-7-18/h14H,4-8H2,1-3H3,(H,15,16). The fourth-order valence-electron chi connectivity index (χ4n) is 2.35. The summed E-state index contributed by atoms with van der Waals surface area (Å²) in [5, 5.41) is 10.00. The number of carbonyl (C=O) groups excluding carboxylic acids is 2. The molecular formula is C13H21N5O2. The van der Waals surface area contributed by atoms with E-state index in [0.29, 0.717) is 24.3 Å². The number of aromatic amines is 1. The van der Waals surface area contributed by atoms with E-state index in [-0.39, 0.29) is 18.4 Å². The molecule has 0 aromatic carbocycles. The monoisotopic (exact) mass is 279 g/mol. The third-order valence-corrected chi connectivity index (χ3v) is 3.53. The van der Waals surface area contributed by atoms with Gasteiger partial charge in [0.05, 0.1) is 17.8 Å². The first kappa shape index (κ1) is 14.5. The molecule has 0 atom stereocenters. The van der Waals surface area contributed by atoms with Crippen LogP contribution in [-0.4, -0.2) is 71.6 Å². The van der Waals surface area contributed by atoms with Crippen molar-refractivity contribution in [2.75, 3.05) is 39.8 Å². The Balaban J connectivity index is 1.99. The molecule has 2 heterocycles. The Kier molecular flexibility index (Phi) is 4.39. The Labute approximate surface area is 118 Å². The van der Waals surface area contributed by atoms with Crippen molar-refractivity contribution < 1.29 is 9.59 Å². The van der Waals surface area contributed by atoms with Gasteiger partial charge in [-0.25, -0.2) is 0 Å². The van der Waals surface area contributed by atoms with Gasteiger partial charge in [-0.15, -0.1) is 0 Å². The maximum absolute atomic E-state index is 12.3. The third kappa shape index (κ3) is 2.98. The highest BCUT2D eigenvalue weighted by Gasteiger charge is 2.23. The van der Waals surface area contributed by atoms with E-state index in [1.165, 1.54) is 4.90 Å². The summed E-state index contributed by atoms with van der Waals surface area (Å²) < 4.78 is 0. The number of amides is 2. The van der Waals surface area contributed by atoms with Crippen molar-refractivity contribution >= 4 is 11.8 Å². The molecule has 1 aromatic heterocycles. The number of nitrogens with one attached hydrogen (secondary N) is 2. The van der Waals surface area contributed by atoms with Crippen molar-refractivity contribution in [3.63, 3.8) is 0 Å². The van der Waals surface area contributed by atoms with E-state index in [1.54, 1.807) is 25.8 Å². The normalized spacial score (nSPS) is 15.2.